The minimum absolute atomic E-state index is 0. The molecule has 0 spiro atoms. The van der Waals surface area contributed by atoms with E-state index in [0.717, 1.165) is 43.9 Å². The van der Waals surface area contributed by atoms with Gasteiger partial charge in [-0.25, -0.2) is 4.98 Å². The summed E-state index contributed by atoms with van der Waals surface area (Å²) in [6, 6.07) is 14.3. The summed E-state index contributed by atoms with van der Waals surface area (Å²) >= 11 is 5.78. The van der Waals surface area contributed by atoms with E-state index >= 15 is 0 Å². The maximum Gasteiger partial charge on any atom is 0.190 e. The molecule has 130 valence electrons. The maximum atomic E-state index is 5.78. The Morgan fingerprint density at radius 1 is 1.00 bits per heavy atom. The van der Waals surface area contributed by atoms with Gasteiger partial charge in [-0.3, -0.25) is 4.99 Å². The van der Waals surface area contributed by atoms with Crippen LogP contribution in [0.2, 0.25) is 5.15 Å². The molecule has 1 aromatic heterocycles. The molecule has 2 aromatic rings. The first-order valence-corrected chi connectivity index (χ1v) is 8.24. The number of halogens is 2. The standard InChI is InChI=1S/C18H23ClN4.HI/c1-20-18(21-12-5-8-15-6-3-2-4-7-15)22-13-11-16-9-10-17(19)23-14-16;/h2-4,6-7,9-10,14H,5,8,11-13H2,1H3,(H2,20,21,22);1H. The van der Waals surface area contributed by atoms with E-state index in [-0.39, 0.29) is 24.0 Å². The number of benzene rings is 1. The smallest absolute Gasteiger partial charge is 0.190 e. The number of aromatic nitrogens is 1. The molecule has 1 heterocycles. The fourth-order valence-electron chi connectivity index (χ4n) is 2.24. The van der Waals surface area contributed by atoms with E-state index in [1.54, 1.807) is 13.2 Å². The van der Waals surface area contributed by atoms with Gasteiger partial charge in [0.1, 0.15) is 5.15 Å². The van der Waals surface area contributed by atoms with E-state index in [0.29, 0.717) is 5.15 Å². The molecule has 2 N–H and O–H groups in total. The maximum absolute atomic E-state index is 5.78. The lowest BCUT2D eigenvalue weighted by atomic mass is 10.1. The number of aliphatic imine (C=N–C) groups is 1. The molecule has 0 amide bonds. The number of guanidine groups is 1. The zero-order chi connectivity index (χ0) is 16.3. The van der Waals surface area contributed by atoms with Crippen LogP contribution in [0.4, 0.5) is 0 Å². The second-order valence-electron chi connectivity index (χ2n) is 5.25. The van der Waals surface area contributed by atoms with Crippen molar-refractivity contribution in [2.24, 2.45) is 4.99 Å². The Morgan fingerprint density at radius 3 is 2.42 bits per heavy atom. The zero-order valence-electron chi connectivity index (χ0n) is 13.8. The highest BCUT2D eigenvalue weighted by Crippen LogP contribution is 2.05. The Balaban J connectivity index is 0.00000288. The lowest BCUT2D eigenvalue weighted by molar-refractivity contribution is 0.738. The number of hydrogen-bond donors (Lipinski definition) is 2. The van der Waals surface area contributed by atoms with E-state index in [9.17, 15) is 0 Å². The van der Waals surface area contributed by atoms with Crippen molar-refractivity contribution in [1.29, 1.82) is 0 Å². The van der Waals surface area contributed by atoms with Crippen molar-refractivity contribution in [3.8, 4) is 0 Å². The lowest BCUT2D eigenvalue weighted by Gasteiger charge is -2.11. The van der Waals surface area contributed by atoms with Gasteiger partial charge < -0.3 is 10.6 Å². The van der Waals surface area contributed by atoms with Crippen molar-refractivity contribution >= 4 is 41.5 Å². The van der Waals surface area contributed by atoms with E-state index < -0.39 is 0 Å². The SMILES string of the molecule is CN=C(NCCCc1ccccc1)NCCc1ccc(Cl)nc1.I. The summed E-state index contributed by atoms with van der Waals surface area (Å²) in [4.78, 5) is 8.31. The van der Waals surface area contributed by atoms with Crippen molar-refractivity contribution in [1.82, 2.24) is 15.6 Å². The summed E-state index contributed by atoms with van der Waals surface area (Å²) in [5, 5.41) is 7.17. The number of hydrogen-bond acceptors (Lipinski definition) is 2. The molecular formula is C18H24ClIN4. The van der Waals surface area contributed by atoms with E-state index in [4.69, 9.17) is 11.6 Å². The van der Waals surface area contributed by atoms with Crippen LogP contribution in [0.25, 0.3) is 0 Å². The van der Waals surface area contributed by atoms with Gasteiger partial charge in [-0.1, -0.05) is 48.0 Å². The first-order valence-electron chi connectivity index (χ1n) is 7.87. The van der Waals surface area contributed by atoms with Crippen LogP contribution in [-0.4, -0.2) is 31.1 Å². The average Bonchev–Trinajstić information content (AvgIpc) is 2.59. The van der Waals surface area contributed by atoms with Gasteiger partial charge in [-0.15, -0.1) is 24.0 Å². The molecule has 4 nitrogen and oxygen atoms in total. The van der Waals surface area contributed by atoms with Gasteiger partial charge in [0, 0.05) is 26.3 Å². The van der Waals surface area contributed by atoms with Crippen LogP contribution in [0, 0.1) is 0 Å². The molecular weight excluding hydrogens is 435 g/mol. The van der Waals surface area contributed by atoms with Crippen molar-refractivity contribution in [2.75, 3.05) is 20.1 Å². The zero-order valence-corrected chi connectivity index (χ0v) is 16.9. The molecule has 1 aromatic carbocycles. The molecule has 0 aliphatic carbocycles. The summed E-state index contributed by atoms with van der Waals surface area (Å²) in [6.07, 6.45) is 4.84. The van der Waals surface area contributed by atoms with Gasteiger partial charge in [-0.2, -0.15) is 0 Å². The Bertz CT molecular complexity index is 602. The fourth-order valence-corrected chi connectivity index (χ4v) is 2.36. The average molecular weight is 459 g/mol. The van der Waals surface area contributed by atoms with Gasteiger partial charge in [0.2, 0.25) is 0 Å². The van der Waals surface area contributed by atoms with Gasteiger partial charge in [0.05, 0.1) is 0 Å². The largest absolute Gasteiger partial charge is 0.356 e. The molecule has 24 heavy (non-hydrogen) atoms. The summed E-state index contributed by atoms with van der Waals surface area (Å²) in [5.74, 6) is 0.833. The number of rotatable bonds is 7. The highest BCUT2D eigenvalue weighted by Gasteiger charge is 1.99. The van der Waals surface area contributed by atoms with Gasteiger partial charge in [0.15, 0.2) is 5.96 Å². The van der Waals surface area contributed by atoms with Crippen molar-refractivity contribution in [3.63, 3.8) is 0 Å². The molecule has 6 heteroatoms. The predicted molar refractivity (Wildman–Crippen MR) is 112 cm³/mol. The predicted octanol–water partition coefficient (Wildman–Crippen LogP) is 3.69. The van der Waals surface area contributed by atoms with Crippen LogP contribution in [0.5, 0.6) is 0 Å². The van der Waals surface area contributed by atoms with Gasteiger partial charge in [-0.05, 0) is 36.5 Å². The Morgan fingerprint density at radius 2 is 1.75 bits per heavy atom. The van der Waals surface area contributed by atoms with Crippen LogP contribution < -0.4 is 10.6 Å². The van der Waals surface area contributed by atoms with E-state index in [1.807, 2.05) is 18.2 Å². The Kier molecular flexibility index (Phi) is 10.4. The van der Waals surface area contributed by atoms with Gasteiger partial charge in [0.25, 0.3) is 0 Å². The van der Waals surface area contributed by atoms with E-state index in [2.05, 4.69) is 44.9 Å². The topological polar surface area (TPSA) is 49.3 Å². The monoisotopic (exact) mass is 458 g/mol. The molecule has 0 aliphatic rings. The van der Waals surface area contributed by atoms with Crippen molar-refractivity contribution < 1.29 is 0 Å². The second kappa shape index (κ2) is 12.1. The molecule has 0 atom stereocenters. The molecule has 0 aliphatic heterocycles. The number of pyridine rings is 1. The Labute approximate surface area is 166 Å². The van der Waals surface area contributed by atoms with Crippen LogP contribution in [0.15, 0.2) is 53.7 Å². The minimum atomic E-state index is 0. The fraction of sp³-hybridized carbons (Fsp3) is 0.333. The molecule has 0 saturated carbocycles. The first kappa shape index (κ1) is 20.7. The highest BCUT2D eigenvalue weighted by molar-refractivity contribution is 14.0. The summed E-state index contributed by atoms with van der Waals surface area (Å²) in [5.41, 5.74) is 2.52. The summed E-state index contributed by atoms with van der Waals surface area (Å²) in [6.45, 7) is 1.71. The molecule has 0 saturated heterocycles. The van der Waals surface area contributed by atoms with Crippen LogP contribution >= 0.6 is 35.6 Å². The lowest BCUT2D eigenvalue weighted by Crippen LogP contribution is -2.38. The molecule has 2 rings (SSSR count). The third-order valence-corrected chi connectivity index (χ3v) is 3.72. The molecule has 0 unspecified atom stereocenters. The molecule has 0 bridgehead atoms. The quantitative estimate of drug-likeness (QED) is 0.219. The van der Waals surface area contributed by atoms with E-state index in [1.165, 1.54) is 5.56 Å². The van der Waals surface area contributed by atoms with Gasteiger partial charge >= 0.3 is 0 Å². The second-order valence-corrected chi connectivity index (χ2v) is 5.64. The van der Waals surface area contributed by atoms with Crippen molar-refractivity contribution in [2.45, 2.75) is 19.3 Å². The molecule has 0 radical (unpaired) electrons. The number of aryl methyl sites for hydroxylation is 1. The first-order chi connectivity index (χ1) is 11.3. The number of nitrogens with zero attached hydrogens (tertiary/aromatic N) is 2. The number of nitrogens with one attached hydrogen (secondary N) is 2. The van der Waals surface area contributed by atoms with Crippen LogP contribution in [0.3, 0.4) is 0 Å². The third kappa shape index (κ3) is 7.97. The molecule has 0 fully saturated rings. The summed E-state index contributed by atoms with van der Waals surface area (Å²) < 4.78 is 0. The van der Waals surface area contributed by atoms with Crippen LogP contribution in [0.1, 0.15) is 17.5 Å². The highest BCUT2D eigenvalue weighted by atomic mass is 127. The third-order valence-electron chi connectivity index (χ3n) is 3.50. The minimum Gasteiger partial charge on any atom is -0.356 e. The summed E-state index contributed by atoms with van der Waals surface area (Å²) in [7, 11) is 1.79. The normalized spacial score (nSPS) is 10.8. The van der Waals surface area contributed by atoms with Crippen molar-refractivity contribution in [3.05, 3.63) is 64.9 Å². The Hall–Kier alpha value is -1.34. The van der Waals surface area contributed by atoms with Crippen LogP contribution in [-0.2, 0) is 12.8 Å².